The van der Waals surface area contributed by atoms with Gasteiger partial charge in [-0.25, -0.2) is 0 Å². The molecule has 3 nitrogen and oxygen atoms in total. The van der Waals surface area contributed by atoms with Gasteiger partial charge in [0.1, 0.15) is 0 Å². The van der Waals surface area contributed by atoms with Crippen molar-refractivity contribution in [2.75, 3.05) is 7.11 Å². The van der Waals surface area contributed by atoms with Gasteiger partial charge in [0.05, 0.1) is 11.6 Å². The number of para-hydroxylation sites is 1. The summed E-state index contributed by atoms with van der Waals surface area (Å²) in [5.74, 6) is 0.0672. The normalized spacial score (nSPS) is 12.6. The van der Waals surface area contributed by atoms with Crippen LogP contribution in [0.2, 0.25) is 0 Å². The monoisotopic (exact) mass is 229 g/mol. The van der Waals surface area contributed by atoms with E-state index in [-0.39, 0.29) is 11.9 Å². The zero-order chi connectivity index (χ0) is 12.3. The minimum Gasteiger partial charge on any atom is -0.381 e. The zero-order valence-corrected chi connectivity index (χ0v) is 10.0. The van der Waals surface area contributed by atoms with Crippen molar-refractivity contribution in [2.24, 2.45) is 0 Å². The maximum Gasteiger partial charge on any atom is 0.167 e. The van der Waals surface area contributed by atoms with Gasteiger partial charge in [-0.2, -0.15) is 0 Å². The Morgan fingerprint density at radius 1 is 1.41 bits per heavy atom. The lowest BCUT2D eigenvalue weighted by atomic mass is 10.1. The molecule has 88 valence electrons. The molecular weight excluding hydrogens is 214 g/mol. The van der Waals surface area contributed by atoms with E-state index in [9.17, 15) is 4.79 Å². The maximum atomic E-state index is 11.9. The highest BCUT2D eigenvalue weighted by Gasteiger charge is 2.11. The van der Waals surface area contributed by atoms with Gasteiger partial charge in [-0.15, -0.1) is 0 Å². The summed E-state index contributed by atoms with van der Waals surface area (Å²) in [4.78, 5) is 16.2. The van der Waals surface area contributed by atoms with Gasteiger partial charge in [-0.3, -0.25) is 9.78 Å². The van der Waals surface area contributed by atoms with Crippen LogP contribution >= 0.6 is 0 Å². The van der Waals surface area contributed by atoms with Gasteiger partial charge in [0, 0.05) is 30.7 Å². The minimum absolute atomic E-state index is 0.0611. The molecule has 0 N–H and O–H groups in total. The summed E-state index contributed by atoms with van der Waals surface area (Å²) < 4.78 is 5.09. The number of ether oxygens (including phenoxy) is 1. The molecule has 2 aromatic rings. The third-order valence-corrected chi connectivity index (χ3v) is 2.79. The molecule has 2 rings (SSSR count). The van der Waals surface area contributed by atoms with E-state index in [0.29, 0.717) is 12.0 Å². The molecule has 0 aliphatic rings. The number of hydrogen-bond acceptors (Lipinski definition) is 3. The quantitative estimate of drug-likeness (QED) is 0.757. The average Bonchev–Trinajstić information content (AvgIpc) is 2.38. The number of benzene rings is 1. The first-order chi connectivity index (χ1) is 8.20. The predicted octanol–water partition coefficient (Wildman–Crippen LogP) is 2.84. The number of carbonyl (C=O) groups excluding carboxylic acids is 1. The number of methoxy groups -OCH3 is 1. The van der Waals surface area contributed by atoms with E-state index < -0.39 is 0 Å². The topological polar surface area (TPSA) is 39.2 Å². The number of ketones is 1. The first kappa shape index (κ1) is 11.7. The second-order valence-electron chi connectivity index (χ2n) is 4.09. The Labute approximate surface area is 100 Å². The average molecular weight is 229 g/mol. The maximum absolute atomic E-state index is 11.9. The number of pyridine rings is 1. The molecule has 17 heavy (non-hydrogen) atoms. The summed E-state index contributed by atoms with van der Waals surface area (Å²) in [6, 6.07) is 9.65. The van der Waals surface area contributed by atoms with Crippen LogP contribution in [-0.4, -0.2) is 24.0 Å². The van der Waals surface area contributed by atoms with Crippen LogP contribution in [0.1, 0.15) is 23.7 Å². The second-order valence-corrected chi connectivity index (χ2v) is 4.09. The van der Waals surface area contributed by atoms with E-state index in [1.165, 1.54) is 0 Å². The molecule has 0 saturated heterocycles. The number of carbonyl (C=O) groups is 1. The zero-order valence-electron chi connectivity index (χ0n) is 10.0. The van der Waals surface area contributed by atoms with Gasteiger partial charge < -0.3 is 4.74 Å². The van der Waals surface area contributed by atoms with E-state index in [0.717, 1.165) is 10.9 Å². The van der Waals surface area contributed by atoms with Gasteiger partial charge in [0.2, 0.25) is 0 Å². The summed E-state index contributed by atoms with van der Waals surface area (Å²) in [5, 5.41) is 0.989. The van der Waals surface area contributed by atoms with Crippen LogP contribution in [0.3, 0.4) is 0 Å². The van der Waals surface area contributed by atoms with Crippen LogP contribution in [0.25, 0.3) is 10.9 Å². The molecule has 1 aromatic carbocycles. The Morgan fingerprint density at radius 2 is 2.18 bits per heavy atom. The number of Topliss-reactive ketones (excluding diaryl/α,β-unsaturated/α-hetero) is 1. The summed E-state index contributed by atoms with van der Waals surface area (Å²) >= 11 is 0. The fraction of sp³-hybridized carbons (Fsp3) is 0.286. The molecule has 1 unspecified atom stereocenters. The Morgan fingerprint density at radius 3 is 2.94 bits per heavy atom. The highest BCUT2D eigenvalue weighted by atomic mass is 16.5. The molecule has 1 heterocycles. The van der Waals surface area contributed by atoms with Gasteiger partial charge >= 0.3 is 0 Å². The molecule has 0 spiro atoms. The molecule has 1 aromatic heterocycles. The lowest BCUT2D eigenvalue weighted by molar-refractivity contribution is 0.0792. The standard InChI is InChI=1S/C14H15NO2/c1-10(17-2)7-14(16)12-8-11-5-3-4-6-13(11)15-9-12/h3-6,8-10H,7H2,1-2H3. The fourth-order valence-corrected chi connectivity index (χ4v) is 1.69. The van der Waals surface area contributed by atoms with Crippen molar-refractivity contribution in [3.05, 3.63) is 42.1 Å². The van der Waals surface area contributed by atoms with Crippen LogP contribution in [-0.2, 0) is 4.74 Å². The number of hydrogen-bond donors (Lipinski definition) is 0. The molecule has 3 heteroatoms. The summed E-state index contributed by atoms with van der Waals surface area (Å²) in [7, 11) is 1.61. The van der Waals surface area contributed by atoms with Gasteiger partial charge in [-0.1, -0.05) is 18.2 Å². The Kier molecular flexibility index (Phi) is 3.49. The third-order valence-electron chi connectivity index (χ3n) is 2.79. The van der Waals surface area contributed by atoms with Crippen LogP contribution in [0.5, 0.6) is 0 Å². The van der Waals surface area contributed by atoms with Crippen molar-refractivity contribution >= 4 is 16.7 Å². The molecule has 0 amide bonds. The van der Waals surface area contributed by atoms with Crippen molar-refractivity contribution in [3.8, 4) is 0 Å². The SMILES string of the molecule is COC(C)CC(=O)c1cnc2ccccc2c1. The summed E-state index contributed by atoms with van der Waals surface area (Å²) in [5.41, 5.74) is 1.55. The number of fused-ring (bicyclic) bond motifs is 1. The molecular formula is C14H15NO2. The molecule has 0 radical (unpaired) electrons. The van der Waals surface area contributed by atoms with E-state index in [1.54, 1.807) is 13.3 Å². The third kappa shape index (κ3) is 2.68. The lowest BCUT2D eigenvalue weighted by Crippen LogP contribution is -2.12. The van der Waals surface area contributed by atoms with Gasteiger partial charge in [-0.05, 0) is 19.1 Å². The summed E-state index contributed by atoms with van der Waals surface area (Å²) in [6.07, 6.45) is 1.96. The van der Waals surface area contributed by atoms with Crippen molar-refractivity contribution in [3.63, 3.8) is 0 Å². The van der Waals surface area contributed by atoms with E-state index in [1.807, 2.05) is 37.3 Å². The van der Waals surface area contributed by atoms with E-state index >= 15 is 0 Å². The van der Waals surface area contributed by atoms with E-state index in [2.05, 4.69) is 4.98 Å². The highest BCUT2D eigenvalue weighted by Crippen LogP contribution is 2.14. The molecule has 0 fully saturated rings. The Hall–Kier alpha value is -1.74. The number of nitrogens with zero attached hydrogens (tertiary/aromatic N) is 1. The Balaban J connectivity index is 2.27. The van der Waals surface area contributed by atoms with Crippen LogP contribution in [0, 0.1) is 0 Å². The van der Waals surface area contributed by atoms with Crippen molar-refractivity contribution in [1.29, 1.82) is 0 Å². The first-order valence-corrected chi connectivity index (χ1v) is 5.61. The number of aromatic nitrogens is 1. The Bertz CT molecular complexity index is 536. The number of rotatable bonds is 4. The largest absolute Gasteiger partial charge is 0.381 e. The molecule has 0 saturated carbocycles. The van der Waals surface area contributed by atoms with Gasteiger partial charge in [0.25, 0.3) is 0 Å². The molecule has 0 aliphatic heterocycles. The van der Waals surface area contributed by atoms with Gasteiger partial charge in [0.15, 0.2) is 5.78 Å². The van der Waals surface area contributed by atoms with Crippen LogP contribution in [0.15, 0.2) is 36.5 Å². The van der Waals surface area contributed by atoms with Crippen LogP contribution in [0.4, 0.5) is 0 Å². The molecule has 0 bridgehead atoms. The smallest absolute Gasteiger partial charge is 0.167 e. The minimum atomic E-state index is -0.0611. The van der Waals surface area contributed by atoms with Crippen molar-refractivity contribution in [1.82, 2.24) is 4.98 Å². The first-order valence-electron chi connectivity index (χ1n) is 5.61. The predicted molar refractivity (Wildman–Crippen MR) is 67.2 cm³/mol. The highest BCUT2D eigenvalue weighted by molar-refractivity contribution is 5.98. The van der Waals surface area contributed by atoms with Crippen LogP contribution < -0.4 is 0 Å². The van der Waals surface area contributed by atoms with Crippen molar-refractivity contribution < 1.29 is 9.53 Å². The fourth-order valence-electron chi connectivity index (χ4n) is 1.69. The lowest BCUT2D eigenvalue weighted by Gasteiger charge is -2.08. The van der Waals surface area contributed by atoms with Crippen molar-refractivity contribution in [2.45, 2.75) is 19.4 Å². The molecule has 1 atom stereocenters. The summed E-state index contributed by atoms with van der Waals surface area (Å²) in [6.45, 7) is 1.88. The second kappa shape index (κ2) is 5.06. The molecule has 0 aliphatic carbocycles. The van der Waals surface area contributed by atoms with E-state index in [4.69, 9.17) is 4.74 Å².